The van der Waals surface area contributed by atoms with Crippen molar-refractivity contribution in [2.24, 2.45) is 11.8 Å². The number of Topliss-reactive ketones (excluding diaryl/α,β-unsaturated/α-hetero) is 1. The summed E-state index contributed by atoms with van der Waals surface area (Å²) in [7, 11) is 0. The van der Waals surface area contributed by atoms with Gasteiger partial charge in [-0.1, -0.05) is 12.8 Å². The predicted octanol–water partition coefficient (Wildman–Crippen LogP) is 2.87. The molecule has 96 valence electrons. The van der Waals surface area contributed by atoms with Gasteiger partial charge in [0.25, 0.3) is 0 Å². The number of carbonyl (C=O) groups excluding carboxylic acids is 2. The number of cyclic esters (lactones) is 1. The number of hydrogen-bond donors (Lipinski definition) is 0. The molecule has 0 radical (unpaired) electrons. The molecule has 1 saturated heterocycles. The van der Waals surface area contributed by atoms with Crippen LogP contribution in [0.25, 0.3) is 0 Å². The van der Waals surface area contributed by atoms with Crippen molar-refractivity contribution in [1.29, 1.82) is 0 Å². The van der Waals surface area contributed by atoms with Crippen LogP contribution in [0.1, 0.15) is 57.8 Å². The first-order chi connectivity index (χ1) is 8.24. The topological polar surface area (TPSA) is 43.4 Å². The van der Waals surface area contributed by atoms with E-state index in [0.717, 1.165) is 38.0 Å². The maximum atomic E-state index is 11.1. The van der Waals surface area contributed by atoms with Crippen molar-refractivity contribution in [3.63, 3.8) is 0 Å². The summed E-state index contributed by atoms with van der Waals surface area (Å²) in [6.45, 7) is 0.627. The van der Waals surface area contributed by atoms with Crippen molar-refractivity contribution < 1.29 is 14.3 Å². The summed E-state index contributed by atoms with van der Waals surface area (Å²) >= 11 is 0. The van der Waals surface area contributed by atoms with Crippen LogP contribution in [0.5, 0.6) is 0 Å². The molecule has 17 heavy (non-hydrogen) atoms. The minimum absolute atomic E-state index is 0.0351. The molecule has 2 aliphatic rings. The Morgan fingerprint density at radius 2 is 1.59 bits per heavy atom. The molecule has 0 aromatic rings. The lowest BCUT2D eigenvalue weighted by atomic mass is 9.84. The van der Waals surface area contributed by atoms with Gasteiger partial charge < -0.3 is 4.74 Å². The molecule has 2 fully saturated rings. The lowest BCUT2D eigenvalue weighted by Crippen LogP contribution is -2.21. The summed E-state index contributed by atoms with van der Waals surface area (Å²) in [5.74, 6) is 1.75. The van der Waals surface area contributed by atoms with Gasteiger partial charge in [-0.05, 0) is 37.5 Å². The molecule has 3 nitrogen and oxygen atoms in total. The van der Waals surface area contributed by atoms with Gasteiger partial charge in [-0.25, -0.2) is 0 Å². The number of ether oxygens (including phenoxy) is 1. The van der Waals surface area contributed by atoms with Crippen LogP contribution in [-0.4, -0.2) is 18.4 Å². The quantitative estimate of drug-likeness (QED) is 0.707. The predicted molar refractivity (Wildman–Crippen MR) is 64.5 cm³/mol. The van der Waals surface area contributed by atoms with E-state index in [2.05, 4.69) is 0 Å². The zero-order chi connectivity index (χ0) is 12.1. The number of esters is 1. The highest BCUT2D eigenvalue weighted by Crippen LogP contribution is 2.28. The average molecular weight is 238 g/mol. The second-order valence-electron chi connectivity index (χ2n) is 5.50. The lowest BCUT2D eigenvalue weighted by Gasteiger charge is -2.24. The number of rotatable bonds is 4. The van der Waals surface area contributed by atoms with E-state index >= 15 is 0 Å². The van der Waals surface area contributed by atoms with Crippen molar-refractivity contribution in [3.8, 4) is 0 Å². The summed E-state index contributed by atoms with van der Waals surface area (Å²) in [6, 6.07) is 0. The van der Waals surface area contributed by atoms with Crippen LogP contribution in [0.4, 0.5) is 0 Å². The Kier molecular flexibility index (Phi) is 4.57. The van der Waals surface area contributed by atoms with Gasteiger partial charge in [0.05, 0.1) is 6.61 Å². The number of hydrogen-bond acceptors (Lipinski definition) is 3. The van der Waals surface area contributed by atoms with E-state index in [1.165, 1.54) is 19.3 Å². The third kappa shape index (κ3) is 4.14. The van der Waals surface area contributed by atoms with Crippen LogP contribution < -0.4 is 0 Å². The highest BCUT2D eigenvalue weighted by Gasteiger charge is 2.21. The lowest BCUT2D eigenvalue weighted by molar-refractivity contribution is -0.149. The molecule has 1 atom stereocenters. The Morgan fingerprint density at radius 3 is 2.24 bits per heavy atom. The molecular formula is C14H22O3. The molecule has 3 heteroatoms. The second kappa shape index (κ2) is 6.18. The molecule has 0 spiro atoms. The fourth-order valence-electron chi connectivity index (χ4n) is 2.90. The molecule has 1 aliphatic heterocycles. The third-order valence-corrected chi connectivity index (χ3v) is 4.12. The van der Waals surface area contributed by atoms with Crippen LogP contribution in [0.2, 0.25) is 0 Å². The van der Waals surface area contributed by atoms with Crippen LogP contribution in [-0.2, 0) is 14.3 Å². The maximum absolute atomic E-state index is 11.1. The zero-order valence-electron chi connectivity index (χ0n) is 10.5. The Labute approximate surface area is 103 Å². The molecule has 2 rings (SSSR count). The van der Waals surface area contributed by atoms with E-state index < -0.39 is 0 Å². The highest BCUT2D eigenvalue weighted by atomic mass is 16.5. The summed E-state index contributed by atoms with van der Waals surface area (Å²) in [5.41, 5.74) is 0. The Morgan fingerprint density at radius 1 is 0.941 bits per heavy atom. The van der Waals surface area contributed by atoms with Crippen LogP contribution in [0.3, 0.4) is 0 Å². The summed E-state index contributed by atoms with van der Waals surface area (Å²) in [5, 5.41) is 0. The molecule has 0 aromatic carbocycles. The van der Waals surface area contributed by atoms with Crippen molar-refractivity contribution >= 4 is 11.8 Å². The number of ketones is 1. The van der Waals surface area contributed by atoms with E-state index in [0.29, 0.717) is 24.7 Å². The van der Waals surface area contributed by atoms with Gasteiger partial charge in [0.2, 0.25) is 0 Å². The molecule has 0 N–H and O–H groups in total. The SMILES string of the molecule is O=C1CCC(CCCC2CCC(=O)OC2)CC1. The smallest absolute Gasteiger partial charge is 0.305 e. The monoisotopic (exact) mass is 238 g/mol. The van der Waals surface area contributed by atoms with Gasteiger partial charge in [-0.15, -0.1) is 0 Å². The Hall–Kier alpha value is -0.860. The fraction of sp³-hybridized carbons (Fsp3) is 0.857. The molecule has 0 amide bonds. The minimum atomic E-state index is -0.0351. The van der Waals surface area contributed by atoms with Gasteiger partial charge >= 0.3 is 5.97 Å². The molecule has 1 heterocycles. The van der Waals surface area contributed by atoms with E-state index in [-0.39, 0.29) is 5.97 Å². The average Bonchev–Trinajstić information content (AvgIpc) is 2.34. The molecule has 1 aliphatic carbocycles. The molecule has 1 unspecified atom stereocenters. The minimum Gasteiger partial charge on any atom is -0.465 e. The van der Waals surface area contributed by atoms with E-state index in [1.54, 1.807) is 0 Å². The largest absolute Gasteiger partial charge is 0.465 e. The molecule has 1 saturated carbocycles. The number of carbonyl (C=O) groups is 2. The van der Waals surface area contributed by atoms with Crippen molar-refractivity contribution in [2.75, 3.05) is 6.61 Å². The standard InChI is InChI=1S/C14H22O3/c15-13-7-4-11(5-8-13)2-1-3-12-6-9-14(16)17-10-12/h11-12H,1-10H2. The summed E-state index contributed by atoms with van der Waals surface area (Å²) < 4.78 is 5.06. The van der Waals surface area contributed by atoms with Gasteiger partial charge in [-0.2, -0.15) is 0 Å². The maximum Gasteiger partial charge on any atom is 0.305 e. The van der Waals surface area contributed by atoms with Gasteiger partial charge in [0.15, 0.2) is 0 Å². The normalized spacial score (nSPS) is 26.9. The van der Waals surface area contributed by atoms with E-state index in [9.17, 15) is 9.59 Å². The van der Waals surface area contributed by atoms with E-state index in [4.69, 9.17) is 4.74 Å². The Balaban J connectivity index is 1.56. The van der Waals surface area contributed by atoms with Crippen LogP contribution >= 0.6 is 0 Å². The molecule has 0 aromatic heterocycles. The Bertz CT molecular complexity index is 237. The highest BCUT2D eigenvalue weighted by molar-refractivity contribution is 5.79. The molecular weight excluding hydrogens is 216 g/mol. The van der Waals surface area contributed by atoms with Gasteiger partial charge in [0, 0.05) is 19.3 Å². The second-order valence-corrected chi connectivity index (χ2v) is 5.50. The first-order valence-electron chi connectivity index (χ1n) is 6.91. The third-order valence-electron chi connectivity index (χ3n) is 4.12. The first-order valence-corrected chi connectivity index (χ1v) is 6.91. The van der Waals surface area contributed by atoms with Crippen LogP contribution in [0.15, 0.2) is 0 Å². The van der Waals surface area contributed by atoms with Crippen molar-refractivity contribution in [3.05, 3.63) is 0 Å². The first kappa shape index (κ1) is 12.6. The summed E-state index contributed by atoms with van der Waals surface area (Å²) in [4.78, 5) is 22.0. The van der Waals surface area contributed by atoms with E-state index in [1.807, 2.05) is 0 Å². The van der Waals surface area contributed by atoms with Crippen LogP contribution in [0, 0.1) is 11.8 Å². The summed E-state index contributed by atoms with van der Waals surface area (Å²) in [6.07, 6.45) is 9.04. The van der Waals surface area contributed by atoms with Gasteiger partial charge in [0.1, 0.15) is 5.78 Å². The molecule has 0 bridgehead atoms. The fourth-order valence-corrected chi connectivity index (χ4v) is 2.90. The van der Waals surface area contributed by atoms with Gasteiger partial charge in [-0.3, -0.25) is 9.59 Å². The zero-order valence-corrected chi connectivity index (χ0v) is 10.5. The van der Waals surface area contributed by atoms with Crippen molar-refractivity contribution in [2.45, 2.75) is 57.8 Å². The van der Waals surface area contributed by atoms with Crippen molar-refractivity contribution in [1.82, 2.24) is 0 Å².